The largest absolute Gasteiger partial charge is 0.472 e. The number of nitrogens with zero attached hydrogens (tertiary/aromatic N) is 1. The Hall–Kier alpha value is -1.13. The van der Waals surface area contributed by atoms with Crippen molar-refractivity contribution in [2.75, 3.05) is 13.2 Å². The molecule has 2 rings (SSSR count). The lowest BCUT2D eigenvalue weighted by Gasteiger charge is -2.14. The topological polar surface area (TPSA) is 43.4 Å². The summed E-state index contributed by atoms with van der Waals surface area (Å²) in [5, 5.41) is 3.44. The van der Waals surface area contributed by atoms with Crippen LogP contribution in [0.5, 0.6) is 5.88 Å². The van der Waals surface area contributed by atoms with Crippen molar-refractivity contribution in [3.8, 4) is 5.88 Å². The van der Waals surface area contributed by atoms with Crippen LogP contribution in [0.3, 0.4) is 0 Å². The number of pyridine rings is 1. The Morgan fingerprint density at radius 3 is 3.00 bits per heavy atom. The summed E-state index contributed by atoms with van der Waals surface area (Å²) in [5.74, 6) is 0.678. The van der Waals surface area contributed by atoms with Gasteiger partial charge in [-0.15, -0.1) is 0 Å². The molecular formula is C14H22N2O2. The molecule has 100 valence electrons. The lowest BCUT2D eigenvalue weighted by molar-refractivity contribution is 0.0632. The molecule has 1 heterocycles. The van der Waals surface area contributed by atoms with E-state index in [0.29, 0.717) is 25.1 Å². The van der Waals surface area contributed by atoms with E-state index >= 15 is 0 Å². The normalized spacial score (nSPS) is 16.6. The smallest absolute Gasteiger partial charge is 0.213 e. The van der Waals surface area contributed by atoms with Gasteiger partial charge in [0.15, 0.2) is 0 Å². The maximum Gasteiger partial charge on any atom is 0.213 e. The minimum atomic E-state index is 0.0316. The number of hydrogen-bond donors (Lipinski definition) is 1. The molecule has 0 aromatic carbocycles. The molecule has 1 aliphatic rings. The molecule has 0 radical (unpaired) electrons. The van der Waals surface area contributed by atoms with E-state index in [1.165, 1.54) is 12.8 Å². The SMILES string of the molecule is CCOCC(C)Oc1cccc(CNC2CC2)n1. The molecule has 1 aromatic rings. The molecule has 1 saturated carbocycles. The van der Waals surface area contributed by atoms with Crippen LogP contribution in [0.2, 0.25) is 0 Å². The second kappa shape index (κ2) is 6.71. The summed E-state index contributed by atoms with van der Waals surface area (Å²) in [4.78, 5) is 4.48. The molecule has 1 aromatic heterocycles. The highest BCUT2D eigenvalue weighted by Gasteiger charge is 2.20. The summed E-state index contributed by atoms with van der Waals surface area (Å²) in [7, 11) is 0. The molecule has 0 saturated heterocycles. The van der Waals surface area contributed by atoms with E-state index in [1.807, 2.05) is 32.0 Å². The molecular weight excluding hydrogens is 228 g/mol. The Balaban J connectivity index is 1.81. The number of aromatic nitrogens is 1. The van der Waals surface area contributed by atoms with Gasteiger partial charge in [0.2, 0.25) is 5.88 Å². The van der Waals surface area contributed by atoms with Gasteiger partial charge in [-0.3, -0.25) is 0 Å². The summed E-state index contributed by atoms with van der Waals surface area (Å²) in [5.41, 5.74) is 1.03. The average Bonchev–Trinajstić information content (AvgIpc) is 3.18. The lowest BCUT2D eigenvalue weighted by Crippen LogP contribution is -2.20. The van der Waals surface area contributed by atoms with Crippen molar-refractivity contribution in [3.63, 3.8) is 0 Å². The Kier molecular flexibility index (Phi) is 4.96. The first kappa shape index (κ1) is 13.3. The van der Waals surface area contributed by atoms with E-state index in [4.69, 9.17) is 9.47 Å². The highest BCUT2D eigenvalue weighted by Crippen LogP contribution is 2.19. The predicted octanol–water partition coefficient (Wildman–Crippen LogP) is 2.14. The fraction of sp³-hybridized carbons (Fsp3) is 0.643. The second-order valence-corrected chi connectivity index (χ2v) is 4.71. The fourth-order valence-electron chi connectivity index (χ4n) is 1.68. The predicted molar refractivity (Wildman–Crippen MR) is 70.7 cm³/mol. The van der Waals surface area contributed by atoms with Gasteiger partial charge in [-0.1, -0.05) is 6.07 Å². The first-order chi connectivity index (χ1) is 8.78. The molecule has 0 amide bonds. The zero-order chi connectivity index (χ0) is 12.8. The minimum absolute atomic E-state index is 0.0316. The molecule has 1 aliphatic carbocycles. The third-order valence-corrected chi connectivity index (χ3v) is 2.81. The molecule has 18 heavy (non-hydrogen) atoms. The van der Waals surface area contributed by atoms with E-state index in [-0.39, 0.29) is 6.10 Å². The maximum absolute atomic E-state index is 5.72. The van der Waals surface area contributed by atoms with Crippen LogP contribution in [0.15, 0.2) is 18.2 Å². The second-order valence-electron chi connectivity index (χ2n) is 4.71. The van der Waals surface area contributed by atoms with Gasteiger partial charge >= 0.3 is 0 Å². The van der Waals surface area contributed by atoms with Gasteiger partial charge in [0, 0.05) is 25.3 Å². The molecule has 1 N–H and O–H groups in total. The fourth-order valence-corrected chi connectivity index (χ4v) is 1.68. The third kappa shape index (κ3) is 4.63. The van der Waals surface area contributed by atoms with Crippen molar-refractivity contribution in [1.82, 2.24) is 10.3 Å². The zero-order valence-corrected chi connectivity index (χ0v) is 11.2. The van der Waals surface area contributed by atoms with Gasteiger partial charge in [-0.2, -0.15) is 0 Å². The monoisotopic (exact) mass is 250 g/mol. The van der Waals surface area contributed by atoms with Crippen molar-refractivity contribution in [2.24, 2.45) is 0 Å². The van der Waals surface area contributed by atoms with Gasteiger partial charge < -0.3 is 14.8 Å². The molecule has 4 heteroatoms. The van der Waals surface area contributed by atoms with Crippen LogP contribution in [0.4, 0.5) is 0 Å². The molecule has 1 atom stereocenters. The van der Waals surface area contributed by atoms with Crippen LogP contribution >= 0.6 is 0 Å². The molecule has 0 bridgehead atoms. The minimum Gasteiger partial charge on any atom is -0.472 e. The average molecular weight is 250 g/mol. The van der Waals surface area contributed by atoms with Gasteiger partial charge in [0.25, 0.3) is 0 Å². The Labute approximate surface area is 109 Å². The van der Waals surface area contributed by atoms with E-state index < -0.39 is 0 Å². The molecule has 1 unspecified atom stereocenters. The van der Waals surface area contributed by atoms with Crippen LogP contribution in [0.1, 0.15) is 32.4 Å². The van der Waals surface area contributed by atoms with Gasteiger partial charge in [-0.25, -0.2) is 4.98 Å². The van der Waals surface area contributed by atoms with Crippen LogP contribution < -0.4 is 10.1 Å². The van der Waals surface area contributed by atoms with Gasteiger partial charge in [0.1, 0.15) is 6.10 Å². The Morgan fingerprint density at radius 1 is 1.44 bits per heavy atom. The lowest BCUT2D eigenvalue weighted by atomic mass is 10.3. The van der Waals surface area contributed by atoms with E-state index in [9.17, 15) is 0 Å². The Bertz CT molecular complexity index is 367. The number of ether oxygens (including phenoxy) is 2. The Morgan fingerprint density at radius 2 is 2.28 bits per heavy atom. The van der Waals surface area contributed by atoms with Crippen LogP contribution in [0, 0.1) is 0 Å². The van der Waals surface area contributed by atoms with Crippen molar-refractivity contribution in [3.05, 3.63) is 23.9 Å². The van der Waals surface area contributed by atoms with Crippen molar-refractivity contribution in [2.45, 2.75) is 45.4 Å². The summed E-state index contributed by atoms with van der Waals surface area (Å²) in [6.45, 7) is 6.11. The van der Waals surface area contributed by atoms with E-state index in [0.717, 1.165) is 12.2 Å². The van der Waals surface area contributed by atoms with Crippen LogP contribution in [-0.4, -0.2) is 30.3 Å². The quantitative estimate of drug-likeness (QED) is 0.767. The third-order valence-electron chi connectivity index (χ3n) is 2.81. The standard InChI is InChI=1S/C14H22N2O2/c1-3-17-10-11(2)18-14-6-4-5-13(16-14)9-15-12-7-8-12/h4-6,11-12,15H,3,7-10H2,1-2H3. The summed E-state index contributed by atoms with van der Waals surface area (Å²) < 4.78 is 11.0. The highest BCUT2D eigenvalue weighted by atomic mass is 16.5. The first-order valence-electron chi connectivity index (χ1n) is 6.71. The molecule has 0 aliphatic heterocycles. The molecule has 0 spiro atoms. The van der Waals surface area contributed by atoms with Crippen LogP contribution in [0.25, 0.3) is 0 Å². The van der Waals surface area contributed by atoms with E-state index in [1.54, 1.807) is 0 Å². The summed E-state index contributed by atoms with van der Waals surface area (Å²) in [6, 6.07) is 6.60. The van der Waals surface area contributed by atoms with Gasteiger partial charge in [-0.05, 0) is 32.8 Å². The first-order valence-corrected chi connectivity index (χ1v) is 6.71. The number of hydrogen-bond acceptors (Lipinski definition) is 4. The molecule has 1 fully saturated rings. The zero-order valence-electron chi connectivity index (χ0n) is 11.2. The van der Waals surface area contributed by atoms with Crippen molar-refractivity contribution >= 4 is 0 Å². The summed E-state index contributed by atoms with van der Waals surface area (Å²) >= 11 is 0. The number of nitrogens with one attached hydrogen (secondary N) is 1. The number of rotatable bonds is 8. The molecule has 4 nitrogen and oxygen atoms in total. The highest BCUT2D eigenvalue weighted by molar-refractivity contribution is 5.16. The van der Waals surface area contributed by atoms with Crippen LogP contribution in [-0.2, 0) is 11.3 Å². The maximum atomic E-state index is 5.72. The van der Waals surface area contributed by atoms with Crippen molar-refractivity contribution < 1.29 is 9.47 Å². The van der Waals surface area contributed by atoms with Gasteiger partial charge in [0.05, 0.1) is 12.3 Å². The van der Waals surface area contributed by atoms with E-state index in [2.05, 4.69) is 10.3 Å². The summed E-state index contributed by atoms with van der Waals surface area (Å²) in [6.07, 6.45) is 2.62. The van der Waals surface area contributed by atoms with Crippen molar-refractivity contribution in [1.29, 1.82) is 0 Å².